The predicted octanol–water partition coefficient (Wildman–Crippen LogP) is 4.46. The summed E-state index contributed by atoms with van der Waals surface area (Å²) in [6.45, 7) is 15.7. The highest BCUT2D eigenvalue weighted by Crippen LogP contribution is 2.37. The fraction of sp³-hybridized carbons (Fsp3) is 1.00. The molecular weight excluding hydrogens is 537 g/mol. The third-order valence-corrected chi connectivity index (χ3v) is 14.3. The zero-order chi connectivity index (χ0) is 24.9. The van der Waals surface area contributed by atoms with E-state index < -0.39 is 28.0 Å². The Labute approximate surface area is 207 Å². The van der Waals surface area contributed by atoms with E-state index in [4.69, 9.17) is 44.1 Å². The molecule has 0 heterocycles. The van der Waals surface area contributed by atoms with Crippen molar-refractivity contribution in [1.29, 1.82) is 0 Å². The average molecular weight is 577 g/mol. The van der Waals surface area contributed by atoms with E-state index in [-0.39, 0.29) is 0 Å². The molecule has 0 aliphatic rings. The maximum absolute atomic E-state index is 8.74. The Morgan fingerprint density at radius 1 is 0.594 bits per heavy atom. The van der Waals surface area contributed by atoms with E-state index in [1.165, 1.54) is 0 Å². The second-order valence-electron chi connectivity index (χ2n) is 5.62. The van der Waals surface area contributed by atoms with Crippen LogP contribution in [-0.2, 0) is 37.0 Å². The molecule has 0 saturated carbocycles. The first-order chi connectivity index (χ1) is 15.1. The van der Waals surface area contributed by atoms with Gasteiger partial charge in [0.1, 0.15) is 0 Å². The van der Waals surface area contributed by atoms with E-state index in [1.807, 2.05) is 63.1 Å². The minimum atomic E-state index is -4.67. The molecule has 0 aliphatic carbocycles. The molecule has 0 aliphatic heterocycles. The van der Waals surface area contributed by atoms with Crippen LogP contribution in [0.4, 0.5) is 0 Å². The van der Waals surface area contributed by atoms with Crippen LogP contribution in [0.3, 0.4) is 0 Å². The van der Waals surface area contributed by atoms with Crippen molar-refractivity contribution >= 4 is 59.4 Å². The van der Waals surface area contributed by atoms with Crippen LogP contribution in [0, 0.1) is 0 Å². The van der Waals surface area contributed by atoms with E-state index in [2.05, 4.69) is 0 Å². The van der Waals surface area contributed by atoms with Crippen LogP contribution in [0.5, 0.6) is 0 Å². The van der Waals surface area contributed by atoms with Gasteiger partial charge in [-0.1, -0.05) is 21.6 Å². The Kier molecular flexibility index (Phi) is 23.6. The Balaban J connectivity index is 0. The summed E-state index contributed by atoms with van der Waals surface area (Å²) in [4.78, 5) is 0. The molecule has 32 heavy (non-hydrogen) atoms. The van der Waals surface area contributed by atoms with Crippen LogP contribution < -0.4 is 0 Å². The van der Waals surface area contributed by atoms with Gasteiger partial charge < -0.3 is 26.6 Å². The van der Waals surface area contributed by atoms with Gasteiger partial charge in [-0.2, -0.15) is 8.42 Å². The Morgan fingerprint density at radius 2 is 0.812 bits per heavy atom. The van der Waals surface area contributed by atoms with Crippen LogP contribution in [0.15, 0.2) is 0 Å². The van der Waals surface area contributed by atoms with Gasteiger partial charge in [-0.05, 0) is 51.4 Å². The highest BCUT2D eigenvalue weighted by Gasteiger charge is 2.41. The molecular formula is C16H40O10S4Si2. The van der Waals surface area contributed by atoms with Crippen LogP contribution in [0.25, 0.3) is 0 Å². The predicted molar refractivity (Wildman–Crippen MR) is 138 cm³/mol. The molecule has 0 saturated heterocycles. The van der Waals surface area contributed by atoms with Crippen molar-refractivity contribution in [2.75, 3.05) is 51.1 Å². The van der Waals surface area contributed by atoms with Crippen LogP contribution in [0.2, 0.25) is 12.1 Å². The van der Waals surface area contributed by atoms with Crippen molar-refractivity contribution in [1.82, 2.24) is 0 Å². The standard InChI is InChI=1S/C16H38O6S3Si2.H2O4S/c1-7-17-26(18-8-2,19-9-3)15-13-23-25-24-14-16-27(20-10-4,21-11-5)22-12-6;1-5(2,3)4/h7-16H2,1-6H3;(H2,1,2,3,4). The van der Waals surface area contributed by atoms with Crippen LogP contribution in [0.1, 0.15) is 41.5 Å². The highest BCUT2D eigenvalue weighted by molar-refractivity contribution is 9.09. The van der Waals surface area contributed by atoms with E-state index in [0.29, 0.717) is 39.6 Å². The first-order valence-electron chi connectivity index (χ1n) is 10.5. The smallest absolute Gasteiger partial charge is 0.374 e. The normalized spacial score (nSPS) is 12.5. The molecule has 0 radical (unpaired) electrons. The molecule has 10 nitrogen and oxygen atoms in total. The molecule has 16 heteroatoms. The lowest BCUT2D eigenvalue weighted by Crippen LogP contribution is -2.46. The molecule has 0 spiro atoms. The quantitative estimate of drug-likeness (QED) is 0.0916. The van der Waals surface area contributed by atoms with Gasteiger partial charge in [0, 0.05) is 63.2 Å². The Morgan fingerprint density at radius 3 is 1.00 bits per heavy atom. The Hall–Kier alpha value is 1.11. The molecule has 0 aromatic heterocycles. The van der Waals surface area contributed by atoms with Crippen LogP contribution >= 0.6 is 31.4 Å². The fourth-order valence-corrected chi connectivity index (χ4v) is 13.3. The highest BCUT2D eigenvalue weighted by atomic mass is 33.5. The third-order valence-electron chi connectivity index (χ3n) is 3.26. The minimum Gasteiger partial charge on any atom is -0.374 e. The van der Waals surface area contributed by atoms with Gasteiger partial charge in [0.2, 0.25) is 0 Å². The van der Waals surface area contributed by atoms with Gasteiger partial charge in [-0.15, -0.1) is 0 Å². The lowest BCUT2D eigenvalue weighted by atomic mass is 10.9. The lowest BCUT2D eigenvalue weighted by Gasteiger charge is -2.28. The summed E-state index contributed by atoms with van der Waals surface area (Å²) < 4.78 is 66.9. The van der Waals surface area contributed by atoms with Crippen molar-refractivity contribution < 1.29 is 44.1 Å². The van der Waals surface area contributed by atoms with E-state index in [9.17, 15) is 0 Å². The van der Waals surface area contributed by atoms with Gasteiger partial charge in [0.25, 0.3) is 0 Å². The summed E-state index contributed by atoms with van der Waals surface area (Å²) in [6, 6.07) is 1.66. The van der Waals surface area contributed by atoms with Gasteiger partial charge in [0.05, 0.1) is 0 Å². The van der Waals surface area contributed by atoms with E-state index in [0.717, 1.165) is 23.6 Å². The van der Waals surface area contributed by atoms with Crippen molar-refractivity contribution in [2.24, 2.45) is 0 Å². The molecule has 0 atom stereocenters. The molecule has 196 valence electrons. The van der Waals surface area contributed by atoms with Crippen LogP contribution in [-0.4, -0.2) is 86.3 Å². The maximum atomic E-state index is 8.74. The topological polar surface area (TPSA) is 130 Å². The largest absolute Gasteiger partial charge is 0.501 e. The third kappa shape index (κ3) is 20.5. The van der Waals surface area contributed by atoms with Crippen molar-refractivity contribution in [3.05, 3.63) is 0 Å². The van der Waals surface area contributed by atoms with Gasteiger partial charge in [-0.3, -0.25) is 9.11 Å². The molecule has 0 unspecified atom stereocenters. The van der Waals surface area contributed by atoms with Crippen molar-refractivity contribution in [3.8, 4) is 0 Å². The first-order valence-corrected chi connectivity index (χ1v) is 19.6. The SMILES string of the molecule is CCO[Si](CCSSSCC[Si](OCC)(OCC)OCC)(OCC)OCC.O=S(=O)(O)O. The summed E-state index contributed by atoms with van der Waals surface area (Å²) >= 11 is 0. The summed E-state index contributed by atoms with van der Waals surface area (Å²) in [6.07, 6.45) is 0. The van der Waals surface area contributed by atoms with Gasteiger partial charge >= 0.3 is 28.0 Å². The lowest BCUT2D eigenvalue weighted by molar-refractivity contribution is 0.0721. The minimum absolute atomic E-state index is 0.623. The zero-order valence-corrected chi connectivity index (χ0v) is 25.1. The van der Waals surface area contributed by atoms with Gasteiger partial charge in [0.15, 0.2) is 0 Å². The summed E-state index contributed by atoms with van der Waals surface area (Å²) in [5, 5.41) is 0. The second kappa shape index (κ2) is 21.4. The summed E-state index contributed by atoms with van der Waals surface area (Å²) in [5.41, 5.74) is 0. The second-order valence-corrected chi connectivity index (χ2v) is 16.5. The van der Waals surface area contributed by atoms with E-state index in [1.54, 1.807) is 9.83 Å². The maximum Gasteiger partial charge on any atom is 0.501 e. The molecule has 0 amide bonds. The summed E-state index contributed by atoms with van der Waals surface area (Å²) in [5.74, 6) is 1.88. The molecule has 0 rings (SSSR count). The molecule has 2 N–H and O–H groups in total. The molecule has 0 fully saturated rings. The zero-order valence-electron chi connectivity index (χ0n) is 19.9. The average Bonchev–Trinajstić information content (AvgIpc) is 2.67. The summed E-state index contributed by atoms with van der Waals surface area (Å²) in [7, 11) is -4.29. The molecule has 0 aromatic carbocycles. The molecule has 0 aromatic rings. The van der Waals surface area contributed by atoms with Gasteiger partial charge in [-0.25, -0.2) is 0 Å². The molecule has 0 bridgehead atoms. The van der Waals surface area contributed by atoms with Crippen molar-refractivity contribution in [2.45, 2.75) is 53.6 Å². The fourth-order valence-electron chi connectivity index (χ4n) is 2.44. The number of hydrogen-bond donors (Lipinski definition) is 2. The number of hydrogen-bond acceptors (Lipinski definition) is 11. The first kappa shape index (κ1) is 35.3. The van der Waals surface area contributed by atoms with E-state index >= 15 is 0 Å². The Bertz CT molecular complexity index is 459. The monoisotopic (exact) mass is 576 g/mol. The number of rotatable bonds is 20. The van der Waals surface area contributed by atoms with Crippen molar-refractivity contribution in [3.63, 3.8) is 0 Å².